The van der Waals surface area contributed by atoms with E-state index >= 15 is 0 Å². The molecule has 0 aliphatic carbocycles. The molecule has 0 aliphatic rings. The van der Waals surface area contributed by atoms with E-state index in [0.717, 1.165) is 9.79 Å². The van der Waals surface area contributed by atoms with Gasteiger partial charge in [0.1, 0.15) is 0 Å². The van der Waals surface area contributed by atoms with Crippen molar-refractivity contribution >= 4 is 29.4 Å². The maximum atomic E-state index is 11.4. The van der Waals surface area contributed by atoms with Crippen LogP contribution >= 0.6 is 11.8 Å². The molecule has 0 radical (unpaired) electrons. The third kappa shape index (κ3) is 4.02. The van der Waals surface area contributed by atoms with Gasteiger partial charge in [0.05, 0.1) is 19.1 Å². The molecule has 2 aromatic rings. The molecule has 2 aromatic carbocycles. The van der Waals surface area contributed by atoms with Crippen LogP contribution in [0, 0.1) is 0 Å². The third-order valence-electron chi connectivity index (χ3n) is 2.93. The van der Waals surface area contributed by atoms with Crippen LogP contribution in [0.1, 0.15) is 15.9 Å². The molecule has 5 nitrogen and oxygen atoms in total. The number of methoxy groups -OCH3 is 1. The molecule has 0 saturated carbocycles. The number of hydrogen-bond acceptors (Lipinski definition) is 5. The lowest BCUT2D eigenvalue weighted by atomic mass is 10.1. The quantitative estimate of drug-likeness (QED) is 0.651. The van der Waals surface area contributed by atoms with E-state index in [0.29, 0.717) is 16.8 Å². The molecule has 2 rings (SSSR count). The van der Waals surface area contributed by atoms with Crippen molar-refractivity contribution in [3.63, 3.8) is 0 Å². The summed E-state index contributed by atoms with van der Waals surface area (Å²) in [6.07, 6.45) is -0.0526. The van der Waals surface area contributed by atoms with Gasteiger partial charge in [-0.15, -0.1) is 0 Å². The summed E-state index contributed by atoms with van der Waals surface area (Å²) in [5.41, 5.74) is 7.63. The van der Waals surface area contributed by atoms with Gasteiger partial charge in [-0.3, -0.25) is 4.79 Å². The van der Waals surface area contributed by atoms with Gasteiger partial charge in [-0.1, -0.05) is 17.8 Å². The topological polar surface area (TPSA) is 89.6 Å². The van der Waals surface area contributed by atoms with E-state index in [1.807, 2.05) is 12.1 Å². The number of carboxylic acids is 1. The fourth-order valence-electron chi connectivity index (χ4n) is 1.88. The largest absolute Gasteiger partial charge is 0.481 e. The summed E-state index contributed by atoms with van der Waals surface area (Å²) >= 11 is 1.45. The van der Waals surface area contributed by atoms with Crippen LogP contribution in [-0.2, 0) is 16.0 Å². The number of rotatable bonds is 5. The number of carbonyl (C=O) groups is 2. The highest BCUT2D eigenvalue weighted by Gasteiger charge is 2.08. The molecule has 22 heavy (non-hydrogen) atoms. The average molecular weight is 317 g/mol. The first-order valence-electron chi connectivity index (χ1n) is 6.46. The molecular weight excluding hydrogens is 302 g/mol. The Morgan fingerprint density at radius 1 is 1.18 bits per heavy atom. The fourth-order valence-corrected chi connectivity index (χ4v) is 2.72. The standard InChI is InChI=1S/C16H15NO4S/c1-21-16(20)11-3-5-12(6-4-11)22-14-7-2-10(8-13(14)17)9-15(18)19/h2-8H,9,17H2,1H3,(H,18,19). The van der Waals surface area contributed by atoms with Crippen molar-refractivity contribution in [2.24, 2.45) is 0 Å². The van der Waals surface area contributed by atoms with Crippen LogP contribution in [0.4, 0.5) is 5.69 Å². The van der Waals surface area contributed by atoms with Gasteiger partial charge in [-0.2, -0.15) is 0 Å². The Morgan fingerprint density at radius 2 is 1.86 bits per heavy atom. The molecule has 0 spiro atoms. The summed E-state index contributed by atoms with van der Waals surface area (Å²) in [4.78, 5) is 23.8. The number of nitrogen functional groups attached to an aromatic ring is 1. The zero-order chi connectivity index (χ0) is 16.1. The van der Waals surface area contributed by atoms with Gasteiger partial charge in [0, 0.05) is 15.5 Å². The Kier molecular flexibility index (Phi) is 5.06. The van der Waals surface area contributed by atoms with Gasteiger partial charge < -0.3 is 15.6 Å². The number of aliphatic carboxylic acids is 1. The third-order valence-corrected chi connectivity index (χ3v) is 4.03. The van der Waals surface area contributed by atoms with E-state index < -0.39 is 5.97 Å². The fraction of sp³-hybridized carbons (Fsp3) is 0.125. The van der Waals surface area contributed by atoms with E-state index in [1.54, 1.807) is 30.3 Å². The first-order valence-corrected chi connectivity index (χ1v) is 7.27. The van der Waals surface area contributed by atoms with Gasteiger partial charge in [-0.05, 0) is 42.0 Å². The van der Waals surface area contributed by atoms with Crippen LogP contribution in [0.5, 0.6) is 0 Å². The molecular formula is C16H15NO4S. The number of hydrogen-bond donors (Lipinski definition) is 2. The molecule has 0 atom stereocenters. The zero-order valence-electron chi connectivity index (χ0n) is 11.9. The monoisotopic (exact) mass is 317 g/mol. The van der Waals surface area contributed by atoms with Crippen LogP contribution < -0.4 is 5.73 Å². The van der Waals surface area contributed by atoms with Crippen LogP contribution in [0.2, 0.25) is 0 Å². The summed E-state index contributed by atoms with van der Waals surface area (Å²) in [5.74, 6) is -1.27. The molecule has 0 amide bonds. The van der Waals surface area contributed by atoms with Crippen molar-refractivity contribution in [1.82, 2.24) is 0 Å². The SMILES string of the molecule is COC(=O)c1ccc(Sc2ccc(CC(=O)O)cc2N)cc1. The molecule has 0 unspecified atom stereocenters. The smallest absolute Gasteiger partial charge is 0.337 e. The highest BCUT2D eigenvalue weighted by Crippen LogP contribution is 2.32. The summed E-state index contributed by atoms with van der Waals surface area (Å²) in [6, 6.07) is 12.2. The molecule has 0 bridgehead atoms. The van der Waals surface area contributed by atoms with Crippen molar-refractivity contribution < 1.29 is 19.4 Å². The molecule has 0 fully saturated rings. The van der Waals surface area contributed by atoms with Crippen molar-refractivity contribution in [3.8, 4) is 0 Å². The summed E-state index contributed by atoms with van der Waals surface area (Å²) in [6.45, 7) is 0. The molecule has 3 N–H and O–H groups in total. The first-order chi connectivity index (χ1) is 10.5. The van der Waals surface area contributed by atoms with Crippen LogP contribution in [0.3, 0.4) is 0 Å². The number of benzene rings is 2. The lowest BCUT2D eigenvalue weighted by Crippen LogP contribution is -2.01. The van der Waals surface area contributed by atoms with E-state index in [-0.39, 0.29) is 12.4 Å². The minimum atomic E-state index is -0.891. The first kappa shape index (κ1) is 15.9. The second kappa shape index (κ2) is 7.00. The summed E-state index contributed by atoms with van der Waals surface area (Å²) in [5, 5.41) is 8.77. The van der Waals surface area contributed by atoms with Crippen molar-refractivity contribution in [3.05, 3.63) is 53.6 Å². The summed E-state index contributed by atoms with van der Waals surface area (Å²) in [7, 11) is 1.34. The number of nitrogens with two attached hydrogens (primary N) is 1. The van der Waals surface area contributed by atoms with Gasteiger partial charge >= 0.3 is 11.9 Å². The Hall–Kier alpha value is -2.47. The number of carbonyl (C=O) groups excluding carboxylic acids is 1. The van der Waals surface area contributed by atoms with E-state index in [2.05, 4.69) is 4.74 Å². The molecule has 0 aromatic heterocycles. The van der Waals surface area contributed by atoms with Gasteiger partial charge in [0.25, 0.3) is 0 Å². The van der Waals surface area contributed by atoms with E-state index in [1.165, 1.54) is 18.9 Å². The summed E-state index contributed by atoms with van der Waals surface area (Å²) < 4.78 is 4.64. The molecule has 6 heteroatoms. The highest BCUT2D eigenvalue weighted by atomic mass is 32.2. The second-order valence-corrected chi connectivity index (χ2v) is 5.68. The molecule has 0 aliphatic heterocycles. The number of ether oxygens (including phenoxy) is 1. The average Bonchev–Trinajstić information content (AvgIpc) is 2.49. The van der Waals surface area contributed by atoms with Crippen LogP contribution in [0.25, 0.3) is 0 Å². The second-order valence-electron chi connectivity index (χ2n) is 4.56. The predicted molar refractivity (Wildman–Crippen MR) is 84.1 cm³/mol. The molecule has 0 saturated heterocycles. The lowest BCUT2D eigenvalue weighted by Gasteiger charge is -2.08. The minimum Gasteiger partial charge on any atom is -0.481 e. The maximum absolute atomic E-state index is 11.4. The Balaban J connectivity index is 2.13. The van der Waals surface area contributed by atoms with Crippen molar-refractivity contribution in [1.29, 1.82) is 0 Å². The predicted octanol–water partition coefficient (Wildman–Crippen LogP) is 2.83. The lowest BCUT2D eigenvalue weighted by molar-refractivity contribution is -0.136. The van der Waals surface area contributed by atoms with Gasteiger partial charge in [-0.25, -0.2) is 4.79 Å². The normalized spacial score (nSPS) is 10.2. The molecule has 114 valence electrons. The van der Waals surface area contributed by atoms with Gasteiger partial charge in [0.2, 0.25) is 0 Å². The van der Waals surface area contributed by atoms with E-state index in [9.17, 15) is 9.59 Å². The van der Waals surface area contributed by atoms with E-state index in [4.69, 9.17) is 10.8 Å². The van der Waals surface area contributed by atoms with Crippen LogP contribution in [0.15, 0.2) is 52.3 Å². The van der Waals surface area contributed by atoms with Gasteiger partial charge in [0.15, 0.2) is 0 Å². The maximum Gasteiger partial charge on any atom is 0.337 e. The highest BCUT2D eigenvalue weighted by molar-refractivity contribution is 7.99. The number of anilines is 1. The van der Waals surface area contributed by atoms with Crippen molar-refractivity contribution in [2.45, 2.75) is 16.2 Å². The van der Waals surface area contributed by atoms with Crippen molar-refractivity contribution in [2.75, 3.05) is 12.8 Å². The number of carboxylic acid groups (broad SMARTS) is 1. The number of esters is 1. The minimum absolute atomic E-state index is 0.0526. The van der Waals surface area contributed by atoms with Crippen LogP contribution in [-0.4, -0.2) is 24.2 Å². The molecule has 0 heterocycles. The Labute approximate surface area is 132 Å². The Bertz CT molecular complexity index is 698. The Morgan fingerprint density at radius 3 is 2.41 bits per heavy atom. The zero-order valence-corrected chi connectivity index (χ0v) is 12.7.